The molecule has 0 saturated heterocycles. The van der Waals surface area contributed by atoms with Crippen molar-refractivity contribution >= 4 is 61.5 Å². The molecule has 188 valence electrons. The van der Waals surface area contributed by atoms with E-state index in [0.29, 0.717) is 17.5 Å². The van der Waals surface area contributed by atoms with Crippen molar-refractivity contribution < 1.29 is 8.42 Å². The second-order valence-corrected chi connectivity index (χ2v) is 10.3. The van der Waals surface area contributed by atoms with Crippen molar-refractivity contribution in [1.29, 1.82) is 0 Å². The number of hydrogen-bond acceptors (Lipinski definition) is 8. The van der Waals surface area contributed by atoms with E-state index < -0.39 is 10.0 Å². The van der Waals surface area contributed by atoms with Gasteiger partial charge in [0.2, 0.25) is 21.9 Å². The summed E-state index contributed by atoms with van der Waals surface area (Å²) < 4.78 is 27.3. The Balaban J connectivity index is 1.34. The first-order valence-electron chi connectivity index (χ1n) is 11.5. The molecule has 0 saturated carbocycles. The van der Waals surface area contributed by atoms with Gasteiger partial charge in [0, 0.05) is 43.0 Å². The highest BCUT2D eigenvalue weighted by molar-refractivity contribution is 7.92. The number of imidazole rings is 1. The molecule has 0 aliphatic rings. The molecule has 10 nitrogen and oxygen atoms in total. The zero-order valence-electron chi connectivity index (χ0n) is 20.5. The van der Waals surface area contributed by atoms with Crippen LogP contribution in [0.2, 0.25) is 0 Å². The van der Waals surface area contributed by atoms with E-state index in [1.807, 2.05) is 78.2 Å². The second kappa shape index (κ2) is 9.78. The van der Waals surface area contributed by atoms with E-state index >= 15 is 0 Å². The third kappa shape index (κ3) is 5.62. The van der Waals surface area contributed by atoms with Crippen LogP contribution in [0, 0.1) is 0 Å². The second-order valence-electron chi connectivity index (χ2n) is 8.53. The molecule has 2 heterocycles. The van der Waals surface area contributed by atoms with Gasteiger partial charge in [0.05, 0.1) is 17.3 Å². The molecule has 37 heavy (non-hydrogen) atoms. The number of aryl methyl sites for hydroxylation is 1. The van der Waals surface area contributed by atoms with E-state index in [1.165, 1.54) is 0 Å². The van der Waals surface area contributed by atoms with Gasteiger partial charge in [0.1, 0.15) is 5.82 Å². The van der Waals surface area contributed by atoms with Crippen molar-refractivity contribution in [2.45, 2.75) is 0 Å². The summed E-state index contributed by atoms with van der Waals surface area (Å²) in [7, 11) is 0.588. The summed E-state index contributed by atoms with van der Waals surface area (Å²) in [4.78, 5) is 15.7. The maximum absolute atomic E-state index is 11.4. The Morgan fingerprint density at radius 2 is 1.54 bits per heavy atom. The van der Waals surface area contributed by atoms with Crippen LogP contribution in [-0.2, 0) is 17.1 Å². The molecule has 0 unspecified atom stereocenters. The van der Waals surface area contributed by atoms with Crippen molar-refractivity contribution in [3.63, 3.8) is 0 Å². The maximum atomic E-state index is 11.4. The Hall–Kier alpha value is -4.64. The highest BCUT2D eigenvalue weighted by Gasteiger charge is 2.13. The van der Waals surface area contributed by atoms with Gasteiger partial charge in [-0.15, -0.1) is 0 Å². The summed E-state index contributed by atoms with van der Waals surface area (Å²) in [5.74, 6) is 1.87. The number of nitrogens with zero attached hydrogens (tertiary/aromatic N) is 5. The molecule has 0 radical (unpaired) electrons. The normalized spacial score (nSPS) is 11.3. The first kappa shape index (κ1) is 24.1. The fraction of sp³-hybridized carbons (Fsp3) is 0.115. The van der Waals surface area contributed by atoms with Crippen molar-refractivity contribution in [3.05, 3.63) is 85.1 Å². The van der Waals surface area contributed by atoms with E-state index in [2.05, 4.69) is 25.3 Å². The maximum Gasteiger partial charge on any atom is 0.229 e. The van der Waals surface area contributed by atoms with Crippen LogP contribution >= 0.6 is 0 Å². The summed E-state index contributed by atoms with van der Waals surface area (Å²) in [6, 6.07) is 24.7. The number of anilines is 7. The highest BCUT2D eigenvalue weighted by atomic mass is 32.2. The minimum Gasteiger partial charge on any atom is -0.329 e. The summed E-state index contributed by atoms with van der Waals surface area (Å²) in [5, 5.41) is 6.52. The number of para-hydroxylation sites is 1. The summed E-state index contributed by atoms with van der Waals surface area (Å²) in [6.07, 6.45) is 2.79. The van der Waals surface area contributed by atoms with Crippen LogP contribution in [0.25, 0.3) is 11.0 Å². The number of nitrogens with one attached hydrogen (secondary N) is 3. The molecule has 3 N–H and O–H groups in total. The number of aromatic nitrogens is 4. The monoisotopic (exact) mass is 514 g/mol. The van der Waals surface area contributed by atoms with Gasteiger partial charge < -0.3 is 20.1 Å². The van der Waals surface area contributed by atoms with Crippen LogP contribution in [0.15, 0.2) is 85.1 Å². The van der Waals surface area contributed by atoms with Crippen molar-refractivity contribution in [1.82, 2.24) is 19.5 Å². The van der Waals surface area contributed by atoms with Gasteiger partial charge in [0.25, 0.3) is 0 Å². The molecule has 0 aliphatic heterocycles. The molecular formula is C26H26N8O2S. The first-order chi connectivity index (χ1) is 17.7. The molecular weight excluding hydrogens is 488 g/mol. The van der Waals surface area contributed by atoms with Gasteiger partial charge >= 0.3 is 0 Å². The highest BCUT2D eigenvalue weighted by Crippen LogP contribution is 2.29. The molecule has 0 bridgehead atoms. The number of fused-ring (bicyclic) bond motifs is 1. The Kier molecular flexibility index (Phi) is 6.36. The standard InChI is InChI=1S/C26H26N8O2S/c1-33(21-13-14-23-22(17-21)30-26(34(23)2)29-18-7-5-4-6-8-18)24-15-16-27-25(31-24)28-19-9-11-20(12-10-19)32-37(3,35)36/h4-17,32H,1-3H3,(H,29,30)(H,27,28,31). The lowest BCUT2D eigenvalue weighted by molar-refractivity contribution is 0.607. The van der Waals surface area contributed by atoms with Crippen LogP contribution in [-0.4, -0.2) is 41.2 Å². The number of rotatable bonds is 8. The Morgan fingerprint density at radius 3 is 2.27 bits per heavy atom. The zero-order valence-corrected chi connectivity index (χ0v) is 21.4. The fourth-order valence-corrected chi connectivity index (χ4v) is 4.42. The summed E-state index contributed by atoms with van der Waals surface area (Å²) in [5.41, 5.74) is 4.98. The SMILES string of the molecule is CN(c1ccc2c(c1)nc(Nc1ccccc1)n2C)c1ccnc(Nc2ccc(NS(C)(=O)=O)cc2)n1. The van der Waals surface area contributed by atoms with Crippen LogP contribution in [0.1, 0.15) is 0 Å². The quantitative estimate of drug-likeness (QED) is 0.265. The summed E-state index contributed by atoms with van der Waals surface area (Å²) in [6.45, 7) is 0. The van der Waals surface area contributed by atoms with Gasteiger partial charge in [-0.25, -0.2) is 18.4 Å². The lowest BCUT2D eigenvalue weighted by Crippen LogP contribution is -2.12. The number of benzene rings is 3. The van der Waals surface area contributed by atoms with Crippen molar-refractivity contribution in [3.8, 4) is 0 Å². The molecule has 0 aliphatic carbocycles. The largest absolute Gasteiger partial charge is 0.329 e. The van der Waals surface area contributed by atoms with E-state index in [4.69, 9.17) is 4.98 Å². The topological polar surface area (TPSA) is 117 Å². The van der Waals surface area contributed by atoms with Gasteiger partial charge in [-0.2, -0.15) is 4.98 Å². The molecule has 11 heteroatoms. The lowest BCUT2D eigenvalue weighted by Gasteiger charge is -2.19. The number of hydrogen-bond donors (Lipinski definition) is 3. The molecule has 5 aromatic rings. The predicted octanol–water partition coefficient (Wildman–Crippen LogP) is 4.99. The van der Waals surface area contributed by atoms with E-state index in [9.17, 15) is 8.42 Å². The van der Waals surface area contributed by atoms with Crippen LogP contribution in [0.4, 0.5) is 40.5 Å². The zero-order chi connectivity index (χ0) is 26.0. The van der Waals surface area contributed by atoms with Crippen molar-refractivity contribution in [2.75, 3.05) is 33.6 Å². The Bertz CT molecular complexity index is 1650. The van der Waals surface area contributed by atoms with E-state index in [1.54, 1.807) is 30.5 Å². The average Bonchev–Trinajstić information content (AvgIpc) is 3.19. The average molecular weight is 515 g/mol. The van der Waals surface area contributed by atoms with Crippen LogP contribution in [0.5, 0.6) is 0 Å². The van der Waals surface area contributed by atoms with Crippen molar-refractivity contribution in [2.24, 2.45) is 7.05 Å². The van der Waals surface area contributed by atoms with Gasteiger partial charge in [-0.3, -0.25) is 4.72 Å². The van der Waals surface area contributed by atoms with Gasteiger partial charge in [-0.05, 0) is 60.7 Å². The first-order valence-corrected chi connectivity index (χ1v) is 13.3. The lowest BCUT2D eigenvalue weighted by atomic mass is 10.2. The molecule has 0 amide bonds. The molecule has 0 spiro atoms. The minimum atomic E-state index is -3.33. The third-order valence-corrected chi connectivity index (χ3v) is 6.32. The molecule has 0 atom stereocenters. The summed E-state index contributed by atoms with van der Waals surface area (Å²) >= 11 is 0. The minimum absolute atomic E-state index is 0.418. The molecule has 2 aromatic heterocycles. The molecule has 3 aromatic carbocycles. The van der Waals surface area contributed by atoms with Gasteiger partial charge in [0.15, 0.2) is 0 Å². The van der Waals surface area contributed by atoms with Crippen LogP contribution in [0.3, 0.4) is 0 Å². The van der Waals surface area contributed by atoms with Gasteiger partial charge in [-0.1, -0.05) is 18.2 Å². The van der Waals surface area contributed by atoms with E-state index in [-0.39, 0.29) is 0 Å². The Labute approximate surface area is 215 Å². The van der Waals surface area contributed by atoms with E-state index in [0.717, 1.165) is 40.3 Å². The predicted molar refractivity (Wildman–Crippen MR) is 149 cm³/mol. The molecule has 5 rings (SSSR count). The number of sulfonamides is 1. The fourth-order valence-electron chi connectivity index (χ4n) is 3.85. The smallest absolute Gasteiger partial charge is 0.229 e. The molecule has 0 fully saturated rings. The van der Waals surface area contributed by atoms with Crippen LogP contribution < -0.4 is 20.3 Å². The third-order valence-electron chi connectivity index (χ3n) is 5.71. The Morgan fingerprint density at radius 1 is 0.838 bits per heavy atom.